The van der Waals surface area contributed by atoms with Crippen molar-refractivity contribution in [2.24, 2.45) is 0 Å². The number of aromatic nitrogens is 4. The second-order valence-electron chi connectivity index (χ2n) is 6.11. The van der Waals surface area contributed by atoms with E-state index in [-0.39, 0.29) is 11.8 Å². The molecule has 0 bridgehead atoms. The van der Waals surface area contributed by atoms with Crippen LogP contribution in [0.15, 0.2) is 14.7 Å². The van der Waals surface area contributed by atoms with Crippen LogP contribution in [0.5, 0.6) is 0 Å². The zero-order chi connectivity index (χ0) is 20.4. The molecule has 154 valence electrons. The first-order valence-corrected chi connectivity index (χ1v) is 11.9. The summed E-state index contributed by atoms with van der Waals surface area (Å²) in [4.78, 5) is 23.6. The topological polar surface area (TPSA) is 102 Å². The quantitative estimate of drug-likeness (QED) is 0.384. The minimum atomic E-state index is -0.0262. The summed E-state index contributed by atoms with van der Waals surface area (Å²) in [6.07, 6.45) is 1.75. The number of thioether (sulfide) groups is 2. The largest absolute Gasteiger partial charge is 0.355 e. The molecular weight excluding hydrogens is 416 g/mol. The molecule has 2 aromatic heterocycles. The number of amides is 2. The summed E-state index contributed by atoms with van der Waals surface area (Å²) in [5, 5.41) is 18.3. The van der Waals surface area contributed by atoms with Crippen LogP contribution in [0.2, 0.25) is 0 Å². The average molecular weight is 443 g/mol. The van der Waals surface area contributed by atoms with Gasteiger partial charge in [-0.15, -0.1) is 10.2 Å². The molecule has 2 aromatic rings. The van der Waals surface area contributed by atoms with Gasteiger partial charge >= 0.3 is 0 Å². The van der Waals surface area contributed by atoms with E-state index in [0.29, 0.717) is 24.6 Å². The number of nitrogens with zero attached hydrogens (tertiary/aromatic N) is 4. The second kappa shape index (κ2) is 12.1. The number of hydrogen-bond acceptors (Lipinski definition) is 8. The van der Waals surface area contributed by atoms with Gasteiger partial charge in [-0.25, -0.2) is 0 Å². The molecule has 0 saturated carbocycles. The van der Waals surface area contributed by atoms with Crippen molar-refractivity contribution in [3.63, 3.8) is 0 Å². The Labute approximate surface area is 177 Å². The van der Waals surface area contributed by atoms with Gasteiger partial charge in [-0.3, -0.25) is 14.3 Å². The molecule has 0 aliphatic heterocycles. The Morgan fingerprint density at radius 1 is 1.07 bits per heavy atom. The van der Waals surface area contributed by atoms with E-state index in [1.165, 1.54) is 34.9 Å². The van der Waals surface area contributed by atoms with Crippen molar-refractivity contribution in [1.29, 1.82) is 0 Å². The van der Waals surface area contributed by atoms with Gasteiger partial charge in [-0.05, 0) is 32.8 Å². The normalized spacial score (nSPS) is 10.8. The van der Waals surface area contributed by atoms with E-state index in [4.69, 9.17) is 0 Å². The molecule has 2 amide bonds. The highest BCUT2D eigenvalue weighted by Crippen LogP contribution is 2.28. The molecule has 11 heteroatoms. The molecule has 2 heterocycles. The SMILES string of the molecule is CCCNC(=O)CSc1nnc(SCC(=O)NCCCn2nc(C)cc2C)s1. The predicted molar refractivity (Wildman–Crippen MR) is 114 cm³/mol. The first-order valence-electron chi connectivity index (χ1n) is 9.11. The summed E-state index contributed by atoms with van der Waals surface area (Å²) >= 11 is 4.12. The van der Waals surface area contributed by atoms with Crippen LogP contribution in [0.4, 0.5) is 0 Å². The maximum Gasteiger partial charge on any atom is 0.230 e. The Balaban J connectivity index is 1.60. The van der Waals surface area contributed by atoms with Gasteiger partial charge in [0.2, 0.25) is 11.8 Å². The lowest BCUT2D eigenvalue weighted by Crippen LogP contribution is -2.27. The fraction of sp³-hybridized carbons (Fsp3) is 0.588. The molecule has 0 aliphatic rings. The van der Waals surface area contributed by atoms with E-state index in [0.717, 1.165) is 39.5 Å². The number of aryl methyl sites for hydroxylation is 3. The minimum Gasteiger partial charge on any atom is -0.355 e. The molecule has 0 saturated heterocycles. The van der Waals surface area contributed by atoms with Crippen molar-refractivity contribution < 1.29 is 9.59 Å². The Hall–Kier alpha value is -1.59. The van der Waals surface area contributed by atoms with Crippen LogP contribution in [-0.4, -0.2) is 56.4 Å². The molecule has 0 radical (unpaired) electrons. The smallest absolute Gasteiger partial charge is 0.230 e. The lowest BCUT2D eigenvalue weighted by atomic mass is 10.4. The summed E-state index contributed by atoms with van der Waals surface area (Å²) in [5.41, 5.74) is 2.14. The fourth-order valence-electron chi connectivity index (χ4n) is 2.29. The summed E-state index contributed by atoms with van der Waals surface area (Å²) in [5.74, 6) is 0.600. The van der Waals surface area contributed by atoms with Crippen molar-refractivity contribution >= 4 is 46.7 Å². The van der Waals surface area contributed by atoms with Crippen LogP contribution in [-0.2, 0) is 16.1 Å². The van der Waals surface area contributed by atoms with E-state index in [9.17, 15) is 9.59 Å². The average Bonchev–Trinajstić information content (AvgIpc) is 3.25. The van der Waals surface area contributed by atoms with Gasteiger partial charge in [-0.2, -0.15) is 5.10 Å². The molecule has 0 unspecified atom stereocenters. The molecule has 2 rings (SSSR count). The molecule has 0 aliphatic carbocycles. The lowest BCUT2D eigenvalue weighted by molar-refractivity contribution is -0.119. The van der Waals surface area contributed by atoms with Gasteiger partial charge in [0.15, 0.2) is 8.68 Å². The van der Waals surface area contributed by atoms with E-state index in [1.807, 2.05) is 31.5 Å². The first-order chi connectivity index (χ1) is 13.5. The number of carbonyl (C=O) groups excluding carboxylic acids is 2. The number of carbonyl (C=O) groups is 2. The molecule has 28 heavy (non-hydrogen) atoms. The second-order valence-corrected chi connectivity index (χ2v) is 9.54. The minimum absolute atomic E-state index is 0.00361. The van der Waals surface area contributed by atoms with Crippen molar-refractivity contribution in [2.75, 3.05) is 24.6 Å². The Morgan fingerprint density at radius 2 is 1.68 bits per heavy atom. The summed E-state index contributed by atoms with van der Waals surface area (Å²) in [6.45, 7) is 8.10. The van der Waals surface area contributed by atoms with Crippen LogP contribution in [0, 0.1) is 13.8 Å². The van der Waals surface area contributed by atoms with Gasteiger partial charge < -0.3 is 10.6 Å². The van der Waals surface area contributed by atoms with E-state index in [2.05, 4.69) is 25.9 Å². The number of nitrogens with one attached hydrogen (secondary N) is 2. The molecule has 8 nitrogen and oxygen atoms in total. The van der Waals surface area contributed by atoms with Crippen LogP contribution < -0.4 is 10.6 Å². The Morgan fingerprint density at radius 3 is 2.21 bits per heavy atom. The highest BCUT2D eigenvalue weighted by molar-refractivity contribution is 8.03. The van der Waals surface area contributed by atoms with E-state index in [1.54, 1.807) is 0 Å². The maximum absolute atomic E-state index is 12.0. The third-order valence-corrected chi connectivity index (χ3v) is 6.78. The zero-order valence-electron chi connectivity index (χ0n) is 16.4. The maximum atomic E-state index is 12.0. The van der Waals surface area contributed by atoms with Crippen LogP contribution in [0.3, 0.4) is 0 Å². The van der Waals surface area contributed by atoms with Crippen molar-refractivity contribution in [3.8, 4) is 0 Å². The van der Waals surface area contributed by atoms with Crippen LogP contribution >= 0.6 is 34.9 Å². The third-order valence-electron chi connectivity index (χ3n) is 3.59. The van der Waals surface area contributed by atoms with Gasteiger partial charge in [0, 0.05) is 25.3 Å². The molecule has 0 spiro atoms. The summed E-state index contributed by atoms with van der Waals surface area (Å²) in [7, 11) is 0. The third kappa shape index (κ3) is 8.19. The molecule has 0 atom stereocenters. The Bertz CT molecular complexity index is 777. The van der Waals surface area contributed by atoms with Crippen molar-refractivity contribution in [3.05, 3.63) is 17.5 Å². The van der Waals surface area contributed by atoms with Crippen LogP contribution in [0.25, 0.3) is 0 Å². The first kappa shape index (κ1) is 22.7. The van der Waals surface area contributed by atoms with Gasteiger partial charge in [0.05, 0.1) is 17.2 Å². The van der Waals surface area contributed by atoms with E-state index < -0.39 is 0 Å². The standard InChI is InChI=1S/C17H26N6O2S3/c1-4-6-18-14(24)10-26-16-20-21-17(28-16)27-11-15(25)19-7-5-8-23-13(3)9-12(2)22-23/h9H,4-8,10-11H2,1-3H3,(H,18,24)(H,19,25). The predicted octanol–water partition coefficient (Wildman–Crippen LogP) is 2.27. The monoisotopic (exact) mass is 442 g/mol. The van der Waals surface area contributed by atoms with Crippen molar-refractivity contribution in [2.45, 2.75) is 48.8 Å². The summed E-state index contributed by atoms with van der Waals surface area (Å²) in [6, 6.07) is 2.04. The number of rotatable bonds is 12. The Kier molecular flexibility index (Phi) is 9.79. The summed E-state index contributed by atoms with van der Waals surface area (Å²) < 4.78 is 3.42. The number of hydrogen-bond donors (Lipinski definition) is 2. The van der Waals surface area contributed by atoms with Crippen LogP contribution in [0.1, 0.15) is 31.2 Å². The highest BCUT2D eigenvalue weighted by atomic mass is 32.2. The van der Waals surface area contributed by atoms with E-state index >= 15 is 0 Å². The fourth-order valence-corrected chi connectivity index (χ4v) is 4.97. The van der Waals surface area contributed by atoms with Gasteiger partial charge in [-0.1, -0.05) is 41.8 Å². The zero-order valence-corrected chi connectivity index (χ0v) is 18.8. The van der Waals surface area contributed by atoms with Crippen molar-refractivity contribution in [1.82, 2.24) is 30.6 Å². The lowest BCUT2D eigenvalue weighted by Gasteiger charge is -2.06. The van der Waals surface area contributed by atoms with Gasteiger partial charge in [0.25, 0.3) is 0 Å². The highest BCUT2D eigenvalue weighted by Gasteiger charge is 2.10. The molecule has 0 aromatic carbocycles. The van der Waals surface area contributed by atoms with Gasteiger partial charge in [0.1, 0.15) is 0 Å². The molecular formula is C17H26N6O2S3. The molecule has 0 fully saturated rings. The molecule has 2 N–H and O–H groups in total.